The average Bonchev–Trinajstić information content (AvgIpc) is 2.61. The van der Waals surface area contributed by atoms with Gasteiger partial charge in [-0.25, -0.2) is 13.9 Å². The number of hydroxylamine groups is 1. The summed E-state index contributed by atoms with van der Waals surface area (Å²) in [4.78, 5) is 15.9. The first-order chi connectivity index (χ1) is 12.0. The van der Waals surface area contributed by atoms with Crippen LogP contribution in [0, 0.1) is 0 Å². The third kappa shape index (κ3) is 5.59. The van der Waals surface area contributed by atoms with Crippen molar-refractivity contribution in [3.05, 3.63) is 78.4 Å². The Balaban J connectivity index is 2.17. The van der Waals surface area contributed by atoms with Crippen LogP contribution in [0.4, 0.5) is 5.69 Å². The predicted octanol–water partition coefficient (Wildman–Crippen LogP) is 2.73. The van der Waals surface area contributed by atoms with Crippen molar-refractivity contribution in [1.82, 2.24) is 5.48 Å². The Labute approximate surface area is 146 Å². The molecule has 0 aliphatic rings. The van der Waals surface area contributed by atoms with Crippen LogP contribution in [0.5, 0.6) is 0 Å². The summed E-state index contributed by atoms with van der Waals surface area (Å²) >= 11 is 0. The molecule has 7 heteroatoms. The highest BCUT2D eigenvalue weighted by atomic mass is 32.2. The fraction of sp³-hybridized carbons (Fsp3) is 0.0556. The van der Waals surface area contributed by atoms with Gasteiger partial charge in [0.2, 0.25) is 0 Å². The van der Waals surface area contributed by atoms with E-state index in [1.165, 1.54) is 31.4 Å². The molecular weight excluding hydrogens is 340 g/mol. The number of anilines is 1. The Kier molecular flexibility index (Phi) is 6.50. The molecule has 2 aromatic rings. The first-order valence-corrected chi connectivity index (χ1v) is 8.86. The van der Waals surface area contributed by atoms with Crippen LogP contribution in [0.3, 0.4) is 0 Å². The van der Waals surface area contributed by atoms with Gasteiger partial charge in [-0.2, -0.15) is 0 Å². The maximum atomic E-state index is 12.4. The highest BCUT2D eigenvalue weighted by Gasteiger charge is 2.14. The fourth-order valence-electron chi connectivity index (χ4n) is 1.98. The normalized spacial score (nSPS) is 11.7. The average molecular weight is 358 g/mol. The number of para-hydroxylation sites is 1. The number of hydrogen-bond acceptors (Lipinski definition) is 4. The second kappa shape index (κ2) is 8.81. The van der Waals surface area contributed by atoms with Crippen molar-refractivity contribution < 1.29 is 18.0 Å². The van der Waals surface area contributed by atoms with Crippen molar-refractivity contribution in [2.75, 3.05) is 11.8 Å². The molecule has 6 nitrogen and oxygen atoms in total. The molecule has 0 unspecified atom stereocenters. The minimum atomic E-state index is -3.67. The lowest BCUT2D eigenvalue weighted by molar-refractivity contribution is -0.126. The molecule has 0 atom stereocenters. The van der Waals surface area contributed by atoms with Gasteiger partial charge >= 0.3 is 0 Å². The van der Waals surface area contributed by atoms with E-state index in [-0.39, 0.29) is 4.90 Å². The largest absolute Gasteiger partial charge is 0.279 e. The lowest BCUT2D eigenvalue weighted by Gasteiger charge is -2.10. The van der Waals surface area contributed by atoms with Crippen LogP contribution < -0.4 is 10.2 Å². The van der Waals surface area contributed by atoms with Crippen LogP contribution in [-0.4, -0.2) is 21.4 Å². The van der Waals surface area contributed by atoms with Crippen LogP contribution in [0.25, 0.3) is 6.08 Å². The SMILES string of the molecule is CONC(=O)C=C/C=C/c1ccccc1NS(=O)(=O)c1ccccc1. The topological polar surface area (TPSA) is 84.5 Å². The summed E-state index contributed by atoms with van der Waals surface area (Å²) in [5.41, 5.74) is 3.26. The minimum Gasteiger partial charge on any atom is -0.279 e. The van der Waals surface area contributed by atoms with Gasteiger partial charge < -0.3 is 0 Å². The number of benzene rings is 2. The third-order valence-corrected chi connectivity index (χ3v) is 4.48. The van der Waals surface area contributed by atoms with E-state index in [1.807, 2.05) is 0 Å². The molecule has 0 saturated heterocycles. The van der Waals surface area contributed by atoms with Crippen LogP contribution in [0.1, 0.15) is 5.56 Å². The fourth-order valence-corrected chi connectivity index (χ4v) is 3.08. The monoisotopic (exact) mass is 358 g/mol. The maximum absolute atomic E-state index is 12.4. The van der Waals surface area contributed by atoms with Gasteiger partial charge in [-0.05, 0) is 23.8 Å². The number of carbonyl (C=O) groups excluding carboxylic acids is 1. The van der Waals surface area contributed by atoms with Crippen molar-refractivity contribution in [2.24, 2.45) is 0 Å². The van der Waals surface area contributed by atoms with Gasteiger partial charge in [0.1, 0.15) is 0 Å². The highest BCUT2D eigenvalue weighted by molar-refractivity contribution is 7.92. The van der Waals surface area contributed by atoms with Crippen LogP contribution >= 0.6 is 0 Å². The molecule has 2 N–H and O–H groups in total. The molecule has 2 rings (SSSR count). The molecule has 0 heterocycles. The molecule has 0 saturated carbocycles. The first-order valence-electron chi connectivity index (χ1n) is 7.37. The van der Waals surface area contributed by atoms with Gasteiger partial charge in [-0.15, -0.1) is 0 Å². The number of hydrogen-bond donors (Lipinski definition) is 2. The lowest BCUT2D eigenvalue weighted by Crippen LogP contribution is -2.18. The summed E-state index contributed by atoms with van der Waals surface area (Å²) in [5, 5.41) is 0. The molecule has 0 aromatic heterocycles. The molecule has 0 bridgehead atoms. The summed E-state index contributed by atoms with van der Waals surface area (Å²) in [6.07, 6.45) is 6.14. The van der Waals surface area contributed by atoms with E-state index in [4.69, 9.17) is 0 Å². The molecule has 2 aromatic carbocycles. The number of sulfonamides is 1. The third-order valence-electron chi connectivity index (χ3n) is 3.10. The summed E-state index contributed by atoms with van der Waals surface area (Å²) in [6.45, 7) is 0. The molecule has 0 spiro atoms. The summed E-state index contributed by atoms with van der Waals surface area (Å²) in [6, 6.07) is 15.1. The second-order valence-corrected chi connectivity index (χ2v) is 6.58. The van der Waals surface area contributed by atoms with Gasteiger partial charge in [-0.3, -0.25) is 14.4 Å². The van der Waals surface area contributed by atoms with Gasteiger partial charge in [0.15, 0.2) is 0 Å². The predicted molar refractivity (Wildman–Crippen MR) is 97.0 cm³/mol. The number of rotatable bonds is 7. The molecule has 0 aliphatic heterocycles. The Bertz CT molecular complexity index is 875. The smallest absolute Gasteiger partial charge is 0.267 e. The van der Waals surface area contributed by atoms with E-state index in [2.05, 4.69) is 15.0 Å². The standard InChI is InChI=1S/C18H18N2O4S/c1-24-19-18(21)14-8-6-10-15-9-5-7-13-17(15)20-25(22,23)16-11-3-2-4-12-16/h2-14,20H,1H3,(H,19,21)/b10-6+,14-8?. The zero-order valence-corrected chi connectivity index (χ0v) is 14.4. The molecule has 0 radical (unpaired) electrons. The zero-order valence-electron chi connectivity index (χ0n) is 13.5. The van der Waals surface area contributed by atoms with E-state index in [9.17, 15) is 13.2 Å². The van der Waals surface area contributed by atoms with E-state index in [1.54, 1.807) is 54.6 Å². The van der Waals surface area contributed by atoms with E-state index >= 15 is 0 Å². The molecule has 1 amide bonds. The highest BCUT2D eigenvalue weighted by Crippen LogP contribution is 2.21. The molecule has 0 aliphatic carbocycles. The maximum Gasteiger partial charge on any atom is 0.267 e. The van der Waals surface area contributed by atoms with Crippen LogP contribution in [-0.2, 0) is 19.7 Å². The number of nitrogens with one attached hydrogen (secondary N) is 2. The quantitative estimate of drug-likeness (QED) is 0.453. The van der Waals surface area contributed by atoms with E-state index in [0.29, 0.717) is 11.3 Å². The Morgan fingerprint density at radius 1 is 1.00 bits per heavy atom. The summed E-state index contributed by atoms with van der Waals surface area (Å²) in [5.74, 6) is -0.398. The zero-order chi connectivity index (χ0) is 18.1. The second-order valence-electron chi connectivity index (χ2n) is 4.89. The Morgan fingerprint density at radius 3 is 2.40 bits per heavy atom. The van der Waals surface area contributed by atoms with Crippen molar-refractivity contribution in [2.45, 2.75) is 4.90 Å². The van der Waals surface area contributed by atoms with Crippen molar-refractivity contribution in [1.29, 1.82) is 0 Å². The van der Waals surface area contributed by atoms with Gasteiger partial charge in [0, 0.05) is 6.08 Å². The van der Waals surface area contributed by atoms with Crippen molar-refractivity contribution >= 4 is 27.7 Å². The number of carbonyl (C=O) groups is 1. The lowest BCUT2D eigenvalue weighted by atomic mass is 10.1. The van der Waals surface area contributed by atoms with E-state index < -0.39 is 15.9 Å². The molecule has 130 valence electrons. The van der Waals surface area contributed by atoms with Crippen LogP contribution in [0.15, 0.2) is 77.7 Å². The van der Waals surface area contributed by atoms with Crippen molar-refractivity contribution in [3.63, 3.8) is 0 Å². The van der Waals surface area contributed by atoms with E-state index in [0.717, 1.165) is 0 Å². The Morgan fingerprint density at radius 2 is 1.68 bits per heavy atom. The number of allylic oxidation sites excluding steroid dienone is 2. The number of amides is 1. The molecule has 0 fully saturated rings. The molecule has 25 heavy (non-hydrogen) atoms. The Hall–Kier alpha value is -2.90. The van der Waals surface area contributed by atoms with Crippen molar-refractivity contribution in [3.8, 4) is 0 Å². The molecular formula is C18H18N2O4S. The minimum absolute atomic E-state index is 0.185. The van der Waals surface area contributed by atoms with Gasteiger partial charge in [0.25, 0.3) is 15.9 Å². The van der Waals surface area contributed by atoms with Gasteiger partial charge in [0.05, 0.1) is 17.7 Å². The first kappa shape index (κ1) is 18.4. The summed E-state index contributed by atoms with van der Waals surface area (Å²) < 4.78 is 27.4. The van der Waals surface area contributed by atoms with Gasteiger partial charge in [-0.1, -0.05) is 54.6 Å². The van der Waals surface area contributed by atoms with Crippen LogP contribution in [0.2, 0.25) is 0 Å². The summed E-state index contributed by atoms with van der Waals surface area (Å²) in [7, 11) is -2.33.